The minimum absolute atomic E-state index is 0.0800. The van der Waals surface area contributed by atoms with Crippen LogP contribution in [0.1, 0.15) is 23.0 Å². The van der Waals surface area contributed by atoms with E-state index in [1.165, 1.54) is 20.3 Å². The minimum atomic E-state index is -3.19. The molecular formula is C14H13F2NO5. The first-order valence-corrected chi connectivity index (χ1v) is 6.12. The smallest absolute Gasteiger partial charge is 0.374 e. The number of carboxylic acids is 1. The lowest BCUT2D eigenvalue weighted by Gasteiger charge is -2.18. The highest BCUT2D eigenvalue weighted by Gasteiger charge is 2.32. The molecule has 0 unspecified atom stereocenters. The van der Waals surface area contributed by atoms with Gasteiger partial charge in [-0.2, -0.15) is 0 Å². The molecule has 0 aliphatic rings. The molecule has 0 radical (unpaired) electrons. The van der Waals surface area contributed by atoms with Crippen LogP contribution < -0.4 is 9.47 Å². The van der Waals surface area contributed by atoms with Gasteiger partial charge in [-0.25, -0.2) is 13.6 Å². The molecule has 0 saturated carbocycles. The summed E-state index contributed by atoms with van der Waals surface area (Å²) in [7, 11) is 2.57. The van der Waals surface area contributed by atoms with Gasteiger partial charge in [0.25, 0.3) is 5.92 Å². The lowest BCUT2D eigenvalue weighted by Crippen LogP contribution is -2.10. The van der Waals surface area contributed by atoms with Gasteiger partial charge in [0, 0.05) is 18.6 Å². The van der Waals surface area contributed by atoms with Crippen LogP contribution in [0.25, 0.3) is 11.3 Å². The number of carbonyl (C=O) groups is 1. The third-order valence-electron chi connectivity index (χ3n) is 2.97. The van der Waals surface area contributed by atoms with Gasteiger partial charge in [-0.05, 0) is 12.1 Å². The summed E-state index contributed by atoms with van der Waals surface area (Å²) in [6.45, 7) is 0.722. The second-order valence-electron chi connectivity index (χ2n) is 4.53. The predicted octanol–water partition coefficient (Wildman–Crippen LogP) is 3.17. The fraction of sp³-hybridized carbons (Fsp3) is 0.286. The number of ether oxygens (including phenoxy) is 2. The van der Waals surface area contributed by atoms with E-state index in [-0.39, 0.29) is 22.8 Å². The number of hydrogen-bond donors (Lipinski definition) is 1. The largest absolute Gasteiger partial charge is 0.493 e. The summed E-state index contributed by atoms with van der Waals surface area (Å²) in [4.78, 5) is 10.8. The van der Waals surface area contributed by atoms with Gasteiger partial charge in [0.2, 0.25) is 5.76 Å². The van der Waals surface area contributed by atoms with Gasteiger partial charge >= 0.3 is 5.97 Å². The summed E-state index contributed by atoms with van der Waals surface area (Å²) in [5, 5.41) is 12.4. The van der Waals surface area contributed by atoms with E-state index >= 15 is 0 Å². The quantitative estimate of drug-likeness (QED) is 0.913. The Morgan fingerprint density at radius 1 is 1.27 bits per heavy atom. The molecule has 0 aliphatic heterocycles. The number of alkyl halides is 2. The number of benzene rings is 1. The number of carboxylic acid groups (broad SMARTS) is 1. The Bertz CT molecular complexity index is 706. The van der Waals surface area contributed by atoms with Crippen molar-refractivity contribution in [2.24, 2.45) is 0 Å². The van der Waals surface area contributed by atoms with Crippen molar-refractivity contribution in [3.8, 4) is 22.8 Å². The first-order chi connectivity index (χ1) is 10.3. The van der Waals surface area contributed by atoms with Gasteiger partial charge in [-0.3, -0.25) is 0 Å². The molecule has 22 heavy (non-hydrogen) atoms. The first kappa shape index (κ1) is 15.7. The van der Waals surface area contributed by atoms with Gasteiger partial charge in [0.15, 0.2) is 11.5 Å². The molecule has 0 fully saturated rings. The van der Waals surface area contributed by atoms with Crippen LogP contribution in [0.4, 0.5) is 8.78 Å². The standard InChI is InChI=1S/C14H13F2NO5/c1-14(15,16)8-4-7(5-10(20-2)12(8)21-3)9-6-11(13(18)19)22-17-9/h4-6H,1-3H3,(H,18,19). The normalized spacial score (nSPS) is 11.3. The lowest BCUT2D eigenvalue weighted by molar-refractivity contribution is 0.0147. The highest BCUT2D eigenvalue weighted by molar-refractivity contribution is 5.85. The Balaban J connectivity index is 2.64. The molecule has 118 valence electrons. The van der Waals surface area contributed by atoms with Gasteiger partial charge in [0.1, 0.15) is 5.69 Å². The summed E-state index contributed by atoms with van der Waals surface area (Å²) in [5.41, 5.74) is -0.0708. The average molecular weight is 313 g/mol. The van der Waals surface area contributed by atoms with Crippen LogP contribution in [0, 0.1) is 0 Å². The maximum atomic E-state index is 13.8. The Kier molecular flexibility index (Phi) is 4.03. The summed E-state index contributed by atoms with van der Waals surface area (Å²) in [6, 6.07) is 3.71. The Labute approximate surface area is 124 Å². The van der Waals surface area contributed by atoms with Crippen LogP contribution in [-0.2, 0) is 5.92 Å². The van der Waals surface area contributed by atoms with Crippen LogP contribution in [0.5, 0.6) is 11.5 Å². The van der Waals surface area contributed by atoms with Crippen molar-refractivity contribution in [3.63, 3.8) is 0 Å². The molecule has 0 aliphatic carbocycles. The molecule has 1 aromatic heterocycles. The molecule has 1 N–H and O–H groups in total. The average Bonchev–Trinajstić information content (AvgIpc) is 2.94. The minimum Gasteiger partial charge on any atom is -0.493 e. The molecule has 1 heterocycles. The molecular weight excluding hydrogens is 300 g/mol. The van der Waals surface area contributed by atoms with Crippen molar-refractivity contribution in [1.82, 2.24) is 5.16 Å². The zero-order valence-corrected chi connectivity index (χ0v) is 12.0. The maximum Gasteiger partial charge on any atom is 0.374 e. The molecule has 0 amide bonds. The van der Waals surface area contributed by atoms with Crippen LogP contribution in [0.15, 0.2) is 22.7 Å². The van der Waals surface area contributed by atoms with E-state index in [9.17, 15) is 13.6 Å². The Morgan fingerprint density at radius 3 is 2.41 bits per heavy atom. The van der Waals surface area contributed by atoms with E-state index < -0.39 is 23.2 Å². The molecule has 8 heteroatoms. The summed E-state index contributed by atoms with van der Waals surface area (Å²) >= 11 is 0. The van der Waals surface area contributed by atoms with Gasteiger partial charge in [0.05, 0.1) is 19.8 Å². The Morgan fingerprint density at radius 2 is 1.95 bits per heavy atom. The van der Waals surface area contributed by atoms with Crippen LogP contribution in [0.2, 0.25) is 0 Å². The molecule has 2 rings (SSSR count). The topological polar surface area (TPSA) is 81.8 Å². The second kappa shape index (κ2) is 5.63. The molecule has 0 spiro atoms. The number of rotatable bonds is 5. The molecule has 0 atom stereocenters. The zero-order chi connectivity index (χ0) is 16.5. The van der Waals surface area contributed by atoms with Crippen molar-refractivity contribution < 1.29 is 32.7 Å². The second-order valence-corrected chi connectivity index (χ2v) is 4.53. The predicted molar refractivity (Wildman–Crippen MR) is 71.6 cm³/mol. The lowest BCUT2D eigenvalue weighted by atomic mass is 10.0. The fourth-order valence-electron chi connectivity index (χ4n) is 1.95. The van der Waals surface area contributed by atoms with E-state index in [0.717, 1.165) is 19.1 Å². The number of aromatic nitrogens is 1. The molecule has 0 bridgehead atoms. The van der Waals surface area contributed by atoms with Gasteiger partial charge < -0.3 is 19.1 Å². The molecule has 2 aromatic rings. The van der Waals surface area contributed by atoms with Crippen molar-refractivity contribution >= 4 is 5.97 Å². The van der Waals surface area contributed by atoms with E-state index in [1.54, 1.807) is 0 Å². The number of aromatic carboxylic acids is 1. The van der Waals surface area contributed by atoms with E-state index in [0.29, 0.717) is 0 Å². The molecule has 0 saturated heterocycles. The van der Waals surface area contributed by atoms with Crippen molar-refractivity contribution in [3.05, 3.63) is 29.5 Å². The monoisotopic (exact) mass is 313 g/mol. The van der Waals surface area contributed by atoms with Gasteiger partial charge in [-0.15, -0.1) is 0 Å². The van der Waals surface area contributed by atoms with Crippen molar-refractivity contribution in [1.29, 1.82) is 0 Å². The summed E-state index contributed by atoms with van der Waals surface area (Å²) < 4.78 is 42.2. The maximum absolute atomic E-state index is 13.8. The van der Waals surface area contributed by atoms with Gasteiger partial charge in [-0.1, -0.05) is 5.16 Å². The highest BCUT2D eigenvalue weighted by Crippen LogP contribution is 2.43. The van der Waals surface area contributed by atoms with E-state index in [2.05, 4.69) is 9.68 Å². The van der Waals surface area contributed by atoms with Crippen molar-refractivity contribution in [2.45, 2.75) is 12.8 Å². The third-order valence-corrected chi connectivity index (χ3v) is 2.97. The zero-order valence-electron chi connectivity index (χ0n) is 12.0. The first-order valence-electron chi connectivity index (χ1n) is 6.12. The number of hydrogen-bond acceptors (Lipinski definition) is 5. The van der Waals surface area contributed by atoms with Crippen LogP contribution in [0.3, 0.4) is 0 Å². The van der Waals surface area contributed by atoms with Crippen LogP contribution in [-0.4, -0.2) is 30.5 Å². The molecule has 6 nitrogen and oxygen atoms in total. The van der Waals surface area contributed by atoms with Crippen molar-refractivity contribution in [2.75, 3.05) is 14.2 Å². The number of nitrogens with zero attached hydrogens (tertiary/aromatic N) is 1. The SMILES string of the molecule is COc1cc(-c2cc(C(=O)O)on2)cc(C(C)(F)F)c1OC. The van der Waals surface area contributed by atoms with Crippen LogP contribution >= 0.6 is 0 Å². The van der Waals surface area contributed by atoms with E-state index in [1.807, 2.05) is 0 Å². The highest BCUT2D eigenvalue weighted by atomic mass is 19.3. The number of methoxy groups -OCH3 is 2. The third kappa shape index (κ3) is 2.85. The van der Waals surface area contributed by atoms with E-state index in [4.69, 9.17) is 14.6 Å². The fourth-order valence-corrected chi connectivity index (χ4v) is 1.95. The Hall–Kier alpha value is -2.64. The summed E-state index contributed by atoms with van der Waals surface area (Å²) in [6.07, 6.45) is 0. The number of halogens is 2. The summed E-state index contributed by atoms with van der Waals surface area (Å²) in [5.74, 6) is -4.90. The molecule has 1 aromatic carbocycles.